The second-order valence-corrected chi connectivity index (χ2v) is 21.9. The minimum Gasteiger partial charge on any atom is -0.391 e. The summed E-state index contributed by atoms with van der Waals surface area (Å²) in [5.74, 6) is -12.5. The van der Waals surface area contributed by atoms with Gasteiger partial charge in [0.1, 0.15) is 48.3 Å². The number of carbonyl (C=O) groups excluding carboxylic acids is 14. The van der Waals surface area contributed by atoms with Gasteiger partial charge in [-0.1, -0.05) is 41.5 Å². The lowest BCUT2D eigenvalue weighted by atomic mass is 10.0. The maximum atomic E-state index is 13.5. The third-order valence-corrected chi connectivity index (χ3v) is 13.4. The number of rotatable bonds is 37. The normalized spacial score (nSPS) is 16.0. The number of likely N-dealkylation sites (tertiary alicyclic amines) is 1. The fourth-order valence-corrected chi connectivity index (χ4v) is 8.41. The molecule has 0 aromatic heterocycles. The molecule has 33 nitrogen and oxygen atoms in total. The molecule has 0 spiro atoms. The van der Waals surface area contributed by atoms with Crippen LogP contribution in [0.25, 0.3) is 0 Å². The van der Waals surface area contributed by atoms with E-state index >= 15 is 0 Å². The average Bonchev–Trinajstić information content (AvgIpc) is 4.14. The van der Waals surface area contributed by atoms with Crippen molar-refractivity contribution in [1.82, 2.24) is 68.7 Å². The van der Waals surface area contributed by atoms with Crippen LogP contribution in [0.1, 0.15) is 87.5 Å². The topological polar surface area (TPSA) is 523 Å². The van der Waals surface area contributed by atoms with Gasteiger partial charge >= 0.3 is 0 Å². The van der Waals surface area contributed by atoms with E-state index < -0.39 is 188 Å². The Balaban J connectivity index is 2.73. The molecule has 10 atom stereocenters. The fourth-order valence-electron chi connectivity index (χ4n) is 7.99. The van der Waals surface area contributed by atoms with Gasteiger partial charge < -0.3 is 96.7 Å². The highest BCUT2D eigenvalue weighted by Gasteiger charge is 2.38. The number of thiol groups is 2. The van der Waals surface area contributed by atoms with Crippen LogP contribution in [-0.2, 0) is 67.1 Å². The van der Waals surface area contributed by atoms with E-state index in [4.69, 9.17) is 22.9 Å². The molecule has 0 aliphatic carbocycles. The number of hydrogen-bond acceptors (Lipinski definition) is 19. The molecule has 1 rings (SSSR count). The number of primary amides is 1. The first-order valence-corrected chi connectivity index (χ1v) is 28.8. The summed E-state index contributed by atoms with van der Waals surface area (Å²) in [5.41, 5.74) is 21.9. The van der Waals surface area contributed by atoms with Crippen LogP contribution in [0, 0.1) is 17.8 Å². The fraction of sp³-hybridized carbons (Fsp3) is 0.700. The van der Waals surface area contributed by atoms with E-state index in [9.17, 15) is 72.2 Å². The zero-order valence-electron chi connectivity index (χ0n) is 49.2. The van der Waals surface area contributed by atoms with Crippen molar-refractivity contribution in [2.75, 3.05) is 57.3 Å². The molecule has 14 amide bonds. The molecule has 1 fully saturated rings. The summed E-state index contributed by atoms with van der Waals surface area (Å²) in [6.45, 7) is 9.66. The molecular formula is C50H88N18O15S2. The summed E-state index contributed by atoms with van der Waals surface area (Å²) in [6, 6.07) is -10.7. The number of aliphatic hydroxyl groups is 1. The lowest BCUT2D eigenvalue weighted by Crippen LogP contribution is -2.60. The molecule has 35 heteroatoms. The summed E-state index contributed by atoms with van der Waals surface area (Å²) in [6.07, 6.45) is -0.327. The number of amides is 14. The van der Waals surface area contributed by atoms with Gasteiger partial charge in [0.05, 0.1) is 44.9 Å². The smallest absolute Gasteiger partial charge is 0.245 e. The molecule has 0 aromatic rings. The molecule has 1 aliphatic heterocycles. The predicted molar refractivity (Wildman–Crippen MR) is 315 cm³/mol. The van der Waals surface area contributed by atoms with Crippen molar-refractivity contribution in [1.29, 1.82) is 0 Å². The minimum atomic E-state index is -1.56. The zero-order valence-corrected chi connectivity index (χ0v) is 51.0. The van der Waals surface area contributed by atoms with Crippen LogP contribution in [0.3, 0.4) is 0 Å². The molecule has 1 heterocycles. The molecule has 0 saturated carbocycles. The quantitative estimate of drug-likeness (QED) is 0.0119. The minimum absolute atomic E-state index is 0.000475. The number of guanidine groups is 1. The standard InChI is InChI=1S/C50H88N18O15S2/c1-23(2)15-30(41(52)75)64-43(77)29(11-9-13-55-50(53)54)62-36(73)18-57-33(70)16-56-34(71)17-59-46(80)38(24(3)4)66-44(78)31(22-85)63-37(74)20-58-45(79)32-12-10-14-68(32)49(83)26(7)61-35(72)19-60-47(81)40(27(8)69)67-48(82)39(25(5)6)65-42(76)28(51)21-84/h23-32,38-40,69,84-85H,9-22,51H2,1-8H3,(H2,52,75)(H,56,71)(H,57,70)(H,58,79)(H,59,80)(H,60,81)(H,61,72)(H,62,73)(H,63,74)(H,64,77)(H,65,76)(H,66,78)(H,67,82)(H4,53,54,55). The van der Waals surface area contributed by atoms with Crippen LogP contribution in [0.5, 0.6) is 0 Å². The Kier molecular flexibility index (Phi) is 34.1. The van der Waals surface area contributed by atoms with Crippen LogP contribution >= 0.6 is 25.3 Å². The van der Waals surface area contributed by atoms with Gasteiger partial charge in [-0.25, -0.2) is 0 Å². The third-order valence-electron chi connectivity index (χ3n) is 12.6. The Bertz CT molecular complexity index is 2400. The van der Waals surface area contributed by atoms with E-state index in [1.165, 1.54) is 18.7 Å². The molecule has 1 aliphatic rings. The summed E-state index contributed by atoms with van der Waals surface area (Å²) >= 11 is 8.12. The van der Waals surface area contributed by atoms with Crippen molar-refractivity contribution in [3.63, 3.8) is 0 Å². The molecule has 85 heavy (non-hydrogen) atoms. The highest BCUT2D eigenvalue weighted by Crippen LogP contribution is 2.19. The largest absolute Gasteiger partial charge is 0.391 e. The van der Waals surface area contributed by atoms with E-state index in [0.717, 1.165) is 0 Å². The lowest BCUT2D eigenvalue weighted by molar-refractivity contribution is -0.141. The molecule has 480 valence electrons. The van der Waals surface area contributed by atoms with Crippen molar-refractivity contribution in [2.45, 2.75) is 148 Å². The van der Waals surface area contributed by atoms with Crippen molar-refractivity contribution in [3.05, 3.63) is 0 Å². The molecule has 1 saturated heterocycles. The van der Waals surface area contributed by atoms with E-state index in [1.807, 2.05) is 13.8 Å². The Morgan fingerprint density at radius 3 is 1.53 bits per heavy atom. The maximum Gasteiger partial charge on any atom is 0.245 e. The second kappa shape index (κ2) is 38.4. The Hall–Kier alpha value is -7.53. The molecule has 0 aromatic carbocycles. The van der Waals surface area contributed by atoms with Crippen LogP contribution in [-0.4, -0.2) is 216 Å². The Morgan fingerprint density at radius 2 is 1.01 bits per heavy atom. The highest BCUT2D eigenvalue weighted by atomic mass is 32.1. The number of nitrogens with two attached hydrogens (primary N) is 4. The van der Waals surface area contributed by atoms with Crippen LogP contribution < -0.4 is 86.7 Å². The summed E-state index contributed by atoms with van der Waals surface area (Å²) in [5, 5.41) is 39.1. The van der Waals surface area contributed by atoms with Gasteiger partial charge in [-0.3, -0.25) is 72.1 Å². The van der Waals surface area contributed by atoms with Gasteiger partial charge in [-0.05, 0) is 63.7 Å². The second-order valence-electron chi connectivity index (χ2n) is 21.1. The maximum absolute atomic E-state index is 13.5. The number of aliphatic hydroxyl groups excluding tert-OH is 1. The number of hydrogen-bond donors (Lipinski definition) is 19. The number of carbonyl (C=O) groups is 14. The molecule has 21 N–H and O–H groups in total. The lowest BCUT2D eigenvalue weighted by Gasteiger charge is -2.28. The van der Waals surface area contributed by atoms with Crippen molar-refractivity contribution < 1.29 is 72.2 Å². The molecular weight excluding hydrogens is 1160 g/mol. The third kappa shape index (κ3) is 28.3. The van der Waals surface area contributed by atoms with Gasteiger partial charge in [0.15, 0.2) is 5.96 Å². The number of nitrogens with one attached hydrogen (secondary N) is 12. The van der Waals surface area contributed by atoms with Gasteiger partial charge in [0.25, 0.3) is 0 Å². The molecule has 0 bridgehead atoms. The van der Waals surface area contributed by atoms with E-state index in [-0.39, 0.29) is 62.2 Å². The van der Waals surface area contributed by atoms with Crippen molar-refractivity contribution in [2.24, 2.45) is 45.7 Å². The number of aliphatic imine (C=N–C) groups is 1. The Labute approximate surface area is 504 Å². The first-order chi connectivity index (χ1) is 39.7. The summed E-state index contributed by atoms with van der Waals surface area (Å²) < 4.78 is 0. The molecule has 10 unspecified atom stereocenters. The van der Waals surface area contributed by atoms with Gasteiger partial charge in [-0.2, -0.15) is 25.3 Å². The first kappa shape index (κ1) is 75.5. The number of nitrogens with zero attached hydrogens (tertiary/aromatic N) is 2. The van der Waals surface area contributed by atoms with Crippen molar-refractivity contribution >= 4 is 114 Å². The monoisotopic (exact) mass is 1240 g/mol. The Morgan fingerprint density at radius 1 is 0.541 bits per heavy atom. The highest BCUT2D eigenvalue weighted by molar-refractivity contribution is 7.80. The van der Waals surface area contributed by atoms with E-state index in [0.29, 0.717) is 6.42 Å². The van der Waals surface area contributed by atoms with Gasteiger partial charge in [0, 0.05) is 24.6 Å². The summed E-state index contributed by atoms with van der Waals surface area (Å²) in [4.78, 5) is 186. The molecule has 0 radical (unpaired) electrons. The van der Waals surface area contributed by atoms with Gasteiger partial charge in [-0.15, -0.1) is 0 Å². The van der Waals surface area contributed by atoms with Crippen LogP contribution in [0.2, 0.25) is 0 Å². The van der Waals surface area contributed by atoms with Gasteiger partial charge in [0.2, 0.25) is 82.7 Å². The predicted octanol–water partition coefficient (Wildman–Crippen LogP) is -8.56. The first-order valence-electron chi connectivity index (χ1n) is 27.5. The van der Waals surface area contributed by atoms with Crippen LogP contribution in [0.15, 0.2) is 4.99 Å². The van der Waals surface area contributed by atoms with Crippen LogP contribution in [0.4, 0.5) is 0 Å². The average molecular weight is 1250 g/mol. The SMILES string of the molecule is CC(C)CC(NC(=O)C(CCCN=C(N)N)NC(=O)CNC(=O)CNC(=O)CNC(=O)C(NC(=O)C(CS)NC(=O)CNC(=O)C1CCCN1C(=O)C(C)NC(=O)CNC(=O)C(NC(=O)C(NC(=O)C(N)CS)C(C)C)C(C)O)C(C)C)C(N)=O. The van der Waals surface area contributed by atoms with Crippen molar-refractivity contribution in [3.8, 4) is 0 Å². The summed E-state index contributed by atoms with van der Waals surface area (Å²) in [7, 11) is 0. The zero-order chi connectivity index (χ0) is 64.8. The van der Waals surface area contributed by atoms with E-state index in [1.54, 1.807) is 27.7 Å². The van der Waals surface area contributed by atoms with E-state index in [2.05, 4.69) is 94.1 Å².